The number of nitrogens with zero attached hydrogens (tertiary/aromatic N) is 3. The second kappa shape index (κ2) is 14.4. The lowest BCUT2D eigenvalue weighted by atomic mass is 10.1. The van der Waals surface area contributed by atoms with E-state index in [1.54, 1.807) is 41.3 Å². The smallest absolute Gasteiger partial charge is 0.414 e. The number of aliphatic carboxylic acids is 1. The monoisotopic (exact) mass is 614 g/mol. The Hall–Kier alpha value is -3.23. The van der Waals surface area contributed by atoms with Gasteiger partial charge in [0.05, 0.1) is 41.5 Å². The molecule has 1 aromatic heterocycles. The molecule has 2 saturated heterocycles. The topological polar surface area (TPSA) is 146 Å². The first-order chi connectivity index (χ1) is 18.8. The van der Waals surface area contributed by atoms with Gasteiger partial charge in [0.2, 0.25) is 0 Å². The van der Waals surface area contributed by atoms with E-state index in [0.717, 1.165) is 11.3 Å². The van der Waals surface area contributed by atoms with Crippen LogP contribution in [0.5, 0.6) is 0 Å². The zero-order valence-corrected chi connectivity index (χ0v) is 23.6. The third-order valence-corrected chi connectivity index (χ3v) is 7.46. The highest BCUT2D eigenvalue weighted by Gasteiger charge is 2.37. The SMILES string of the molecule is Cl.O=CCC(CNCC(=O)O)N(C[C@H]1CN(c2ccc(N3CCOCC3=O)cc2)C(=O)O1)C(=O)c1ccc(Cl)s1. The Labute approximate surface area is 245 Å². The summed E-state index contributed by atoms with van der Waals surface area (Å²) < 4.78 is 11.1. The number of ether oxygens (including phenoxy) is 2. The standard InChI is InChI=1S/C25H27ClN4O8S.ClH/c26-21-6-5-20(39-21)24(35)29(18(7-9-31)11-27-12-23(33)34)13-19-14-30(25(36)38-19)17-3-1-16(2-4-17)28-8-10-37-15-22(28)32;/h1-6,9,18-19,27H,7-8,10-15H2,(H,33,34);1H/t18?,19-;/m0./s1. The fourth-order valence-corrected chi connectivity index (χ4v) is 5.40. The first kappa shape index (κ1) is 31.3. The van der Waals surface area contributed by atoms with Crippen LogP contribution in [0.25, 0.3) is 0 Å². The number of morpholine rings is 1. The second-order valence-electron chi connectivity index (χ2n) is 8.87. The first-order valence-corrected chi connectivity index (χ1v) is 13.3. The van der Waals surface area contributed by atoms with E-state index in [1.807, 2.05) is 0 Å². The lowest BCUT2D eigenvalue weighted by molar-refractivity contribution is -0.136. The van der Waals surface area contributed by atoms with E-state index >= 15 is 0 Å². The number of halogens is 2. The predicted octanol–water partition coefficient (Wildman–Crippen LogP) is 2.29. The van der Waals surface area contributed by atoms with Gasteiger partial charge in [-0.1, -0.05) is 11.6 Å². The van der Waals surface area contributed by atoms with Crippen molar-refractivity contribution in [1.29, 1.82) is 0 Å². The molecule has 2 aliphatic heterocycles. The number of carboxylic acid groups (broad SMARTS) is 1. The molecule has 0 saturated carbocycles. The summed E-state index contributed by atoms with van der Waals surface area (Å²) in [6.07, 6.45) is -0.713. The fraction of sp³-hybridized carbons (Fsp3) is 0.400. The molecule has 0 bridgehead atoms. The zero-order valence-electron chi connectivity index (χ0n) is 21.2. The molecule has 1 aromatic carbocycles. The molecule has 40 heavy (non-hydrogen) atoms. The molecule has 0 radical (unpaired) electrons. The number of hydrogen-bond donors (Lipinski definition) is 2. The van der Waals surface area contributed by atoms with Crippen LogP contribution >= 0.6 is 35.3 Å². The van der Waals surface area contributed by atoms with Crippen molar-refractivity contribution in [2.24, 2.45) is 0 Å². The maximum absolute atomic E-state index is 13.4. The van der Waals surface area contributed by atoms with Crippen LogP contribution in [0.4, 0.5) is 16.2 Å². The molecule has 3 heterocycles. The number of amides is 3. The second-order valence-corrected chi connectivity index (χ2v) is 10.6. The van der Waals surface area contributed by atoms with Crippen molar-refractivity contribution in [3.8, 4) is 0 Å². The normalized spacial score (nSPS) is 17.7. The zero-order chi connectivity index (χ0) is 27.9. The summed E-state index contributed by atoms with van der Waals surface area (Å²) in [6, 6.07) is 9.37. The van der Waals surface area contributed by atoms with Crippen LogP contribution in [-0.4, -0.2) is 98.3 Å². The van der Waals surface area contributed by atoms with Crippen LogP contribution in [0.15, 0.2) is 36.4 Å². The van der Waals surface area contributed by atoms with Crippen molar-refractivity contribution in [2.45, 2.75) is 18.6 Å². The fourth-order valence-electron chi connectivity index (χ4n) is 4.40. The number of rotatable bonds is 12. The Morgan fingerprint density at radius 3 is 2.48 bits per heavy atom. The molecule has 4 rings (SSSR count). The van der Waals surface area contributed by atoms with Gasteiger partial charge in [-0.25, -0.2) is 4.79 Å². The maximum Gasteiger partial charge on any atom is 0.414 e. The average molecular weight is 615 g/mol. The molecular weight excluding hydrogens is 587 g/mol. The van der Waals surface area contributed by atoms with Crippen molar-refractivity contribution in [2.75, 3.05) is 55.7 Å². The van der Waals surface area contributed by atoms with Crippen LogP contribution in [0.1, 0.15) is 16.1 Å². The van der Waals surface area contributed by atoms with Gasteiger partial charge in [0.15, 0.2) is 0 Å². The largest absolute Gasteiger partial charge is 0.480 e. The average Bonchev–Trinajstić information content (AvgIpc) is 3.52. The van der Waals surface area contributed by atoms with Crippen molar-refractivity contribution >= 4 is 76.9 Å². The molecule has 216 valence electrons. The predicted molar refractivity (Wildman–Crippen MR) is 150 cm³/mol. The number of carboxylic acids is 1. The van der Waals surface area contributed by atoms with Crippen LogP contribution in [0.3, 0.4) is 0 Å². The molecule has 2 aliphatic rings. The van der Waals surface area contributed by atoms with Crippen LogP contribution < -0.4 is 15.1 Å². The molecule has 2 fully saturated rings. The number of hydrogen-bond acceptors (Lipinski definition) is 9. The number of cyclic esters (lactones) is 1. The lowest BCUT2D eigenvalue weighted by Crippen LogP contribution is -2.50. The number of carbonyl (C=O) groups is 5. The molecule has 0 spiro atoms. The number of carbonyl (C=O) groups excluding carboxylic acids is 4. The minimum atomic E-state index is -1.08. The molecule has 15 heteroatoms. The van der Waals surface area contributed by atoms with E-state index in [1.165, 1.54) is 9.80 Å². The van der Waals surface area contributed by atoms with Gasteiger partial charge in [-0.3, -0.25) is 19.3 Å². The van der Waals surface area contributed by atoms with Gasteiger partial charge in [0.1, 0.15) is 19.0 Å². The number of benzene rings is 1. The number of anilines is 2. The molecule has 3 amide bonds. The Kier molecular flexibility index (Phi) is 11.3. The van der Waals surface area contributed by atoms with Gasteiger partial charge in [-0.15, -0.1) is 23.7 Å². The van der Waals surface area contributed by atoms with Crippen molar-refractivity contribution in [3.05, 3.63) is 45.6 Å². The highest BCUT2D eigenvalue weighted by Crippen LogP contribution is 2.28. The number of nitrogens with one attached hydrogen (secondary N) is 1. The van der Waals surface area contributed by atoms with Gasteiger partial charge in [0.25, 0.3) is 11.8 Å². The van der Waals surface area contributed by atoms with Gasteiger partial charge >= 0.3 is 12.1 Å². The molecule has 0 aliphatic carbocycles. The van der Waals surface area contributed by atoms with Gasteiger partial charge in [0, 0.05) is 30.9 Å². The molecule has 2 N–H and O–H groups in total. The minimum Gasteiger partial charge on any atom is -0.480 e. The van der Waals surface area contributed by atoms with E-state index in [4.69, 9.17) is 26.2 Å². The van der Waals surface area contributed by atoms with E-state index in [2.05, 4.69) is 5.32 Å². The van der Waals surface area contributed by atoms with Crippen molar-refractivity contribution in [1.82, 2.24) is 10.2 Å². The van der Waals surface area contributed by atoms with Crippen LogP contribution in [-0.2, 0) is 23.9 Å². The molecule has 12 nitrogen and oxygen atoms in total. The molecule has 1 unspecified atom stereocenters. The lowest BCUT2D eigenvalue weighted by Gasteiger charge is -2.32. The Balaban J connectivity index is 0.00000441. The summed E-state index contributed by atoms with van der Waals surface area (Å²) in [5, 5.41) is 11.7. The molecular formula is C25H28Cl2N4O8S. The van der Waals surface area contributed by atoms with E-state index in [-0.39, 0.29) is 57.5 Å². The molecule has 2 atom stereocenters. The number of thiophene rings is 1. The third-order valence-electron chi connectivity index (χ3n) is 6.24. The summed E-state index contributed by atoms with van der Waals surface area (Å²) in [5.74, 6) is -1.63. The summed E-state index contributed by atoms with van der Waals surface area (Å²) in [7, 11) is 0. The first-order valence-electron chi connectivity index (χ1n) is 12.2. The van der Waals surface area contributed by atoms with Crippen LogP contribution in [0, 0.1) is 0 Å². The van der Waals surface area contributed by atoms with E-state index in [9.17, 15) is 24.0 Å². The summed E-state index contributed by atoms with van der Waals surface area (Å²) in [4.78, 5) is 65.5. The summed E-state index contributed by atoms with van der Waals surface area (Å²) in [6.45, 7) is 0.713. The number of aldehydes is 1. The van der Waals surface area contributed by atoms with Crippen molar-refractivity contribution < 1.29 is 38.6 Å². The van der Waals surface area contributed by atoms with E-state index in [0.29, 0.717) is 40.0 Å². The van der Waals surface area contributed by atoms with Gasteiger partial charge < -0.3 is 34.5 Å². The Morgan fingerprint density at radius 1 is 1.18 bits per heavy atom. The van der Waals surface area contributed by atoms with Crippen molar-refractivity contribution in [3.63, 3.8) is 0 Å². The summed E-state index contributed by atoms with van der Waals surface area (Å²) in [5.41, 5.74) is 1.25. The summed E-state index contributed by atoms with van der Waals surface area (Å²) >= 11 is 7.10. The van der Waals surface area contributed by atoms with E-state index < -0.39 is 30.1 Å². The minimum absolute atomic E-state index is 0. The van der Waals surface area contributed by atoms with Crippen LogP contribution in [0.2, 0.25) is 4.34 Å². The Bertz CT molecular complexity index is 1230. The molecule has 2 aromatic rings. The quantitative estimate of drug-likeness (QED) is 0.344. The highest BCUT2D eigenvalue weighted by atomic mass is 35.5. The third kappa shape index (κ3) is 7.70. The maximum atomic E-state index is 13.4. The Morgan fingerprint density at radius 2 is 1.88 bits per heavy atom. The van der Waals surface area contributed by atoms with Gasteiger partial charge in [-0.2, -0.15) is 0 Å². The van der Waals surface area contributed by atoms with Gasteiger partial charge in [-0.05, 0) is 36.4 Å². The highest BCUT2D eigenvalue weighted by molar-refractivity contribution is 7.18.